The summed E-state index contributed by atoms with van der Waals surface area (Å²) in [5, 5.41) is 3.93. The molecule has 0 unspecified atom stereocenters. The molecule has 0 aromatic heterocycles. The van der Waals surface area contributed by atoms with Crippen LogP contribution in [0.4, 0.5) is 0 Å². The highest BCUT2D eigenvalue weighted by Gasteiger charge is 2.56. The molecule has 102 valence electrons. The predicted molar refractivity (Wildman–Crippen MR) is 74.0 cm³/mol. The topological polar surface area (TPSA) is 41.6 Å². The predicted octanol–water partition coefficient (Wildman–Crippen LogP) is 2.03. The molecule has 2 aliphatic heterocycles. The molecule has 0 radical (unpaired) electrons. The van der Waals surface area contributed by atoms with Gasteiger partial charge in [0.15, 0.2) is 10.8 Å². The van der Waals surface area contributed by atoms with Crippen molar-refractivity contribution in [1.82, 2.24) is 10.2 Å². The number of carbonyl (C=O) groups is 1. The maximum Gasteiger partial charge on any atom is 0.331 e. The van der Waals surface area contributed by atoms with Gasteiger partial charge in [-0.05, 0) is 45.3 Å². The molecular weight excluding hydrogens is 248 g/mol. The van der Waals surface area contributed by atoms with E-state index in [0.717, 1.165) is 12.8 Å². The Kier molecular flexibility index (Phi) is 3.08. The highest BCUT2D eigenvalue weighted by Crippen LogP contribution is 2.40. The van der Waals surface area contributed by atoms with Crippen molar-refractivity contribution in [3.05, 3.63) is 0 Å². The van der Waals surface area contributed by atoms with Crippen molar-refractivity contribution in [3.63, 3.8) is 0 Å². The largest absolute Gasteiger partial charge is 0.437 e. The smallest absolute Gasteiger partial charge is 0.331 e. The van der Waals surface area contributed by atoms with Gasteiger partial charge in [-0.1, -0.05) is 13.8 Å². The van der Waals surface area contributed by atoms with Crippen molar-refractivity contribution in [3.8, 4) is 0 Å². The van der Waals surface area contributed by atoms with E-state index in [0.29, 0.717) is 11.0 Å². The number of carbonyl (C=O) groups excluding carboxylic acids is 1. The van der Waals surface area contributed by atoms with Crippen molar-refractivity contribution in [2.75, 3.05) is 0 Å². The lowest BCUT2D eigenvalue weighted by Crippen LogP contribution is -2.66. The van der Waals surface area contributed by atoms with E-state index in [9.17, 15) is 4.79 Å². The standard InChI is InChI=1S/C13H22N2O2S/c1-8(2)6-9-10(16)17-13(5)7-12(3,4)14-11(18)15(9)13/h8-9H,6-7H2,1-5H3,(H,14,18)/t9-,13-/m0/s1. The van der Waals surface area contributed by atoms with Gasteiger partial charge in [0.05, 0.1) is 0 Å². The Morgan fingerprint density at radius 2 is 2.11 bits per heavy atom. The number of hydrogen-bond donors (Lipinski definition) is 1. The summed E-state index contributed by atoms with van der Waals surface area (Å²) >= 11 is 5.43. The van der Waals surface area contributed by atoms with Crippen molar-refractivity contribution in [1.29, 1.82) is 0 Å². The van der Waals surface area contributed by atoms with Crippen LogP contribution in [0, 0.1) is 5.92 Å². The van der Waals surface area contributed by atoms with Crippen LogP contribution < -0.4 is 5.32 Å². The first-order valence-corrected chi connectivity index (χ1v) is 6.90. The molecule has 1 N–H and O–H groups in total. The van der Waals surface area contributed by atoms with Crippen molar-refractivity contribution >= 4 is 23.3 Å². The number of rotatable bonds is 2. The van der Waals surface area contributed by atoms with Crippen LogP contribution >= 0.6 is 12.2 Å². The van der Waals surface area contributed by atoms with E-state index in [1.165, 1.54) is 0 Å². The molecule has 2 atom stereocenters. The van der Waals surface area contributed by atoms with Crippen LogP contribution in [0.25, 0.3) is 0 Å². The first kappa shape index (κ1) is 13.6. The molecule has 2 rings (SSSR count). The molecule has 2 fully saturated rings. The third-order valence-electron chi connectivity index (χ3n) is 3.54. The summed E-state index contributed by atoms with van der Waals surface area (Å²) in [6.07, 6.45) is 1.51. The van der Waals surface area contributed by atoms with E-state index in [1.54, 1.807) is 0 Å². The minimum atomic E-state index is -0.595. The van der Waals surface area contributed by atoms with Gasteiger partial charge in [-0.15, -0.1) is 0 Å². The Hall–Kier alpha value is -0.840. The van der Waals surface area contributed by atoms with Crippen LogP contribution in [0.15, 0.2) is 0 Å². The van der Waals surface area contributed by atoms with Gasteiger partial charge >= 0.3 is 5.97 Å². The zero-order chi connectivity index (χ0) is 13.7. The molecule has 2 saturated heterocycles. The molecule has 0 spiro atoms. The summed E-state index contributed by atoms with van der Waals surface area (Å²) in [6, 6.07) is -0.244. The van der Waals surface area contributed by atoms with Crippen LogP contribution in [0.3, 0.4) is 0 Å². The van der Waals surface area contributed by atoms with E-state index >= 15 is 0 Å². The average molecular weight is 270 g/mol. The Morgan fingerprint density at radius 1 is 1.50 bits per heavy atom. The Balaban J connectivity index is 2.31. The summed E-state index contributed by atoms with van der Waals surface area (Å²) in [6.45, 7) is 10.3. The first-order valence-electron chi connectivity index (χ1n) is 6.49. The van der Waals surface area contributed by atoms with Gasteiger partial charge < -0.3 is 10.1 Å². The van der Waals surface area contributed by atoms with E-state index in [4.69, 9.17) is 17.0 Å². The van der Waals surface area contributed by atoms with Crippen LogP contribution in [0.1, 0.15) is 47.5 Å². The second-order valence-electron chi connectivity index (χ2n) is 6.60. The quantitative estimate of drug-likeness (QED) is 0.614. The molecule has 5 heteroatoms. The summed E-state index contributed by atoms with van der Waals surface area (Å²) in [4.78, 5) is 14.0. The molecule has 2 heterocycles. The van der Waals surface area contributed by atoms with Gasteiger partial charge in [-0.3, -0.25) is 4.90 Å². The molecule has 0 bridgehead atoms. The monoisotopic (exact) mass is 270 g/mol. The summed E-state index contributed by atoms with van der Waals surface area (Å²) < 4.78 is 5.63. The normalized spacial score (nSPS) is 34.3. The maximum atomic E-state index is 12.1. The molecule has 4 nitrogen and oxygen atoms in total. The fraction of sp³-hybridized carbons (Fsp3) is 0.846. The van der Waals surface area contributed by atoms with Crippen LogP contribution in [0.2, 0.25) is 0 Å². The van der Waals surface area contributed by atoms with E-state index in [-0.39, 0.29) is 17.6 Å². The number of ether oxygens (including phenoxy) is 1. The SMILES string of the molecule is CC(C)C[C@H]1C(=O)O[C@@]2(C)CC(C)(C)NC(=S)N12. The third kappa shape index (κ3) is 2.20. The summed E-state index contributed by atoms with van der Waals surface area (Å²) in [5.41, 5.74) is -0.738. The summed E-state index contributed by atoms with van der Waals surface area (Å²) in [7, 11) is 0. The van der Waals surface area contributed by atoms with Gasteiger partial charge in [0.2, 0.25) is 0 Å². The highest BCUT2D eigenvalue weighted by atomic mass is 32.1. The van der Waals surface area contributed by atoms with Crippen molar-refractivity contribution in [2.24, 2.45) is 5.92 Å². The molecule has 0 aromatic rings. The minimum Gasteiger partial charge on any atom is -0.437 e. The number of fused-ring (bicyclic) bond motifs is 1. The van der Waals surface area contributed by atoms with Gasteiger partial charge in [0, 0.05) is 12.0 Å². The number of esters is 1. The fourth-order valence-electron chi connectivity index (χ4n) is 3.11. The number of hydrogen-bond acceptors (Lipinski definition) is 3. The molecule has 0 amide bonds. The lowest BCUT2D eigenvalue weighted by Gasteiger charge is -2.48. The molecular formula is C13H22N2O2S. The summed E-state index contributed by atoms with van der Waals surface area (Å²) in [5.74, 6) is 0.288. The van der Waals surface area contributed by atoms with E-state index in [1.807, 2.05) is 11.8 Å². The Bertz CT molecular complexity index is 394. The average Bonchev–Trinajstić information content (AvgIpc) is 2.33. The minimum absolute atomic E-state index is 0.144. The second kappa shape index (κ2) is 4.08. The maximum absolute atomic E-state index is 12.1. The zero-order valence-electron chi connectivity index (χ0n) is 11.7. The van der Waals surface area contributed by atoms with Gasteiger partial charge in [-0.2, -0.15) is 0 Å². The number of nitrogens with zero attached hydrogens (tertiary/aromatic N) is 1. The number of thiocarbonyl (C=S) groups is 1. The second-order valence-corrected chi connectivity index (χ2v) is 6.99. The first-order chi connectivity index (χ1) is 8.15. The third-order valence-corrected chi connectivity index (χ3v) is 3.84. The zero-order valence-corrected chi connectivity index (χ0v) is 12.6. The lowest BCUT2D eigenvalue weighted by atomic mass is 9.89. The van der Waals surface area contributed by atoms with Crippen LogP contribution in [0.5, 0.6) is 0 Å². The van der Waals surface area contributed by atoms with Gasteiger partial charge in [0.25, 0.3) is 0 Å². The van der Waals surface area contributed by atoms with E-state index in [2.05, 4.69) is 33.0 Å². The molecule has 0 aromatic carbocycles. The molecule has 2 aliphatic rings. The lowest BCUT2D eigenvalue weighted by molar-refractivity contribution is -0.153. The molecule has 18 heavy (non-hydrogen) atoms. The highest BCUT2D eigenvalue weighted by molar-refractivity contribution is 7.80. The van der Waals surface area contributed by atoms with Gasteiger partial charge in [-0.25, -0.2) is 4.79 Å². The van der Waals surface area contributed by atoms with Crippen molar-refractivity contribution in [2.45, 2.75) is 64.8 Å². The molecule has 0 saturated carbocycles. The van der Waals surface area contributed by atoms with Crippen molar-refractivity contribution < 1.29 is 9.53 Å². The Morgan fingerprint density at radius 3 is 2.67 bits per heavy atom. The van der Waals surface area contributed by atoms with Gasteiger partial charge in [0.1, 0.15) is 6.04 Å². The number of nitrogens with one attached hydrogen (secondary N) is 1. The fourth-order valence-corrected chi connectivity index (χ4v) is 3.71. The van der Waals surface area contributed by atoms with Crippen LogP contribution in [-0.2, 0) is 9.53 Å². The van der Waals surface area contributed by atoms with E-state index < -0.39 is 5.72 Å². The van der Waals surface area contributed by atoms with Crippen LogP contribution in [-0.4, -0.2) is 33.3 Å². The Labute approximate surface area is 114 Å². The molecule has 0 aliphatic carbocycles.